The fourth-order valence-electron chi connectivity index (χ4n) is 3.49. The molecule has 0 unspecified atom stereocenters. The van der Waals surface area contributed by atoms with E-state index in [4.69, 9.17) is 9.68 Å². The maximum Gasteiger partial charge on any atom is 0.229 e. The van der Waals surface area contributed by atoms with Crippen LogP contribution in [-0.2, 0) is 4.79 Å². The number of pyridine rings is 2. The second kappa shape index (κ2) is 7.54. The second-order valence-corrected chi connectivity index (χ2v) is 7.33. The number of allylic oxidation sites excluding steroid dienone is 1. The van der Waals surface area contributed by atoms with Gasteiger partial charge in [-0.25, -0.2) is 15.0 Å². The fourth-order valence-corrected chi connectivity index (χ4v) is 3.49. The van der Waals surface area contributed by atoms with Crippen molar-refractivity contribution in [3.8, 4) is 17.5 Å². The van der Waals surface area contributed by atoms with E-state index in [0.717, 1.165) is 29.2 Å². The van der Waals surface area contributed by atoms with Crippen LogP contribution in [-0.4, -0.2) is 27.9 Å². The lowest BCUT2D eigenvalue weighted by molar-refractivity contribution is -0.117. The number of nitriles is 1. The van der Waals surface area contributed by atoms with Gasteiger partial charge in [0.2, 0.25) is 11.8 Å². The van der Waals surface area contributed by atoms with Crippen LogP contribution in [0, 0.1) is 17.2 Å². The van der Waals surface area contributed by atoms with Crippen molar-refractivity contribution in [1.82, 2.24) is 15.0 Å². The van der Waals surface area contributed by atoms with Gasteiger partial charge in [-0.15, -0.1) is 0 Å². The smallest absolute Gasteiger partial charge is 0.229 e. The molecule has 1 aliphatic carbocycles. The minimum absolute atomic E-state index is 0.00733. The Labute approximate surface area is 177 Å². The Balaban J connectivity index is 1.65. The average Bonchev–Trinajstić information content (AvgIpc) is 3.55. The number of fused-ring (bicyclic) bond motifs is 2. The maximum atomic E-state index is 12.2. The molecule has 8 nitrogen and oxygen atoms in total. The number of rotatable bonds is 5. The van der Waals surface area contributed by atoms with E-state index >= 15 is 0 Å². The van der Waals surface area contributed by atoms with Gasteiger partial charge in [-0.1, -0.05) is 12.1 Å². The summed E-state index contributed by atoms with van der Waals surface area (Å²) in [6.07, 6.45) is 8.30. The number of nitrogens with zero attached hydrogens (tertiary/aromatic N) is 4. The van der Waals surface area contributed by atoms with E-state index in [9.17, 15) is 4.79 Å². The summed E-state index contributed by atoms with van der Waals surface area (Å²) in [6.45, 7) is 0. The molecule has 0 saturated heterocycles. The van der Waals surface area contributed by atoms with Gasteiger partial charge in [0, 0.05) is 47.8 Å². The van der Waals surface area contributed by atoms with E-state index in [1.165, 1.54) is 6.08 Å². The molecule has 1 aromatic carbocycles. The van der Waals surface area contributed by atoms with Gasteiger partial charge in [-0.05, 0) is 31.1 Å². The number of anilines is 2. The molecule has 3 aromatic heterocycles. The number of hydrogen-bond acceptors (Lipinski definition) is 7. The van der Waals surface area contributed by atoms with E-state index in [1.54, 1.807) is 25.5 Å². The second-order valence-electron chi connectivity index (χ2n) is 7.33. The molecule has 0 radical (unpaired) electrons. The number of carbonyl (C=O) groups excluding carboxylic acids is 1. The van der Waals surface area contributed by atoms with Crippen molar-refractivity contribution < 1.29 is 9.21 Å². The standard InChI is InChI=1S/C23H18N6O2/c1-25-21-16-11-26-19(29-22(30)14-7-8-14)10-15(16)17(12-27-21)23-28-18-6-2-4-13(5-3-9-24)20(18)31-23/h2-6,10-12,14H,7-8H2,1H3,(H,25,27)(H,26,29,30). The minimum atomic E-state index is -0.00733. The Morgan fingerprint density at radius 1 is 1.26 bits per heavy atom. The first-order chi connectivity index (χ1) is 15.2. The highest BCUT2D eigenvalue weighted by atomic mass is 16.3. The summed E-state index contributed by atoms with van der Waals surface area (Å²) in [5.74, 6) is 1.62. The first kappa shape index (κ1) is 18.8. The molecule has 0 atom stereocenters. The first-order valence-corrected chi connectivity index (χ1v) is 9.91. The highest BCUT2D eigenvalue weighted by molar-refractivity contribution is 6.03. The van der Waals surface area contributed by atoms with Gasteiger partial charge in [-0.3, -0.25) is 4.79 Å². The number of benzene rings is 1. The lowest BCUT2D eigenvalue weighted by Gasteiger charge is -2.10. The van der Waals surface area contributed by atoms with E-state index in [0.29, 0.717) is 34.2 Å². The Morgan fingerprint density at radius 2 is 2.13 bits per heavy atom. The van der Waals surface area contributed by atoms with Crippen LogP contribution in [0.15, 0.2) is 47.2 Å². The van der Waals surface area contributed by atoms with E-state index in [1.807, 2.05) is 30.3 Å². The number of oxazole rings is 1. The van der Waals surface area contributed by atoms with Gasteiger partial charge in [-0.2, -0.15) is 5.26 Å². The van der Waals surface area contributed by atoms with Crippen molar-refractivity contribution >= 4 is 45.5 Å². The molecule has 1 fully saturated rings. The molecule has 152 valence electrons. The summed E-state index contributed by atoms with van der Waals surface area (Å²) >= 11 is 0. The van der Waals surface area contributed by atoms with Gasteiger partial charge < -0.3 is 15.1 Å². The molecule has 1 amide bonds. The summed E-state index contributed by atoms with van der Waals surface area (Å²) in [5, 5.41) is 16.4. The van der Waals surface area contributed by atoms with Crippen molar-refractivity contribution in [2.45, 2.75) is 12.8 Å². The third-order valence-electron chi connectivity index (χ3n) is 5.22. The minimum Gasteiger partial charge on any atom is -0.435 e. The molecule has 0 bridgehead atoms. The van der Waals surface area contributed by atoms with E-state index in [2.05, 4.69) is 25.6 Å². The quantitative estimate of drug-likeness (QED) is 0.469. The molecular formula is C23H18N6O2. The van der Waals surface area contributed by atoms with Gasteiger partial charge in [0.25, 0.3) is 0 Å². The van der Waals surface area contributed by atoms with Crippen molar-refractivity contribution in [1.29, 1.82) is 5.26 Å². The molecule has 1 aliphatic rings. The van der Waals surface area contributed by atoms with Crippen LogP contribution in [0.4, 0.5) is 11.6 Å². The first-order valence-electron chi connectivity index (χ1n) is 9.91. The molecule has 8 heteroatoms. The van der Waals surface area contributed by atoms with Crippen LogP contribution in [0.1, 0.15) is 18.4 Å². The van der Waals surface area contributed by atoms with Gasteiger partial charge in [0.1, 0.15) is 17.2 Å². The third kappa shape index (κ3) is 3.46. The summed E-state index contributed by atoms with van der Waals surface area (Å²) in [6, 6.07) is 9.39. The Bertz CT molecular complexity index is 1390. The van der Waals surface area contributed by atoms with Crippen molar-refractivity contribution in [2.75, 3.05) is 17.7 Å². The molecule has 3 heterocycles. The molecule has 1 saturated carbocycles. The summed E-state index contributed by atoms with van der Waals surface area (Å²) in [4.78, 5) is 25.7. The Hall–Kier alpha value is -4.25. The highest BCUT2D eigenvalue weighted by Gasteiger charge is 2.30. The van der Waals surface area contributed by atoms with Crippen LogP contribution in [0.5, 0.6) is 0 Å². The number of carbonyl (C=O) groups is 1. The molecule has 4 aromatic rings. The monoisotopic (exact) mass is 410 g/mol. The fraction of sp³-hybridized carbons (Fsp3) is 0.174. The number of hydrogen-bond donors (Lipinski definition) is 2. The van der Waals surface area contributed by atoms with Crippen molar-refractivity contribution in [3.05, 3.63) is 48.3 Å². The summed E-state index contributed by atoms with van der Waals surface area (Å²) in [5.41, 5.74) is 2.72. The molecule has 2 N–H and O–H groups in total. The number of aromatic nitrogens is 3. The van der Waals surface area contributed by atoms with Gasteiger partial charge >= 0.3 is 0 Å². The Kier molecular flexibility index (Phi) is 4.56. The number of amides is 1. The molecule has 0 spiro atoms. The lowest BCUT2D eigenvalue weighted by Crippen LogP contribution is -2.14. The topological polar surface area (TPSA) is 117 Å². The zero-order valence-corrected chi connectivity index (χ0v) is 16.7. The predicted molar refractivity (Wildman–Crippen MR) is 118 cm³/mol. The van der Waals surface area contributed by atoms with Crippen molar-refractivity contribution in [2.24, 2.45) is 5.92 Å². The van der Waals surface area contributed by atoms with Crippen LogP contribution >= 0.6 is 0 Å². The normalized spacial score (nSPS) is 13.5. The summed E-state index contributed by atoms with van der Waals surface area (Å²) in [7, 11) is 1.79. The number of nitrogens with one attached hydrogen (secondary N) is 2. The van der Waals surface area contributed by atoms with E-state index in [-0.39, 0.29) is 11.8 Å². The van der Waals surface area contributed by atoms with Crippen molar-refractivity contribution in [3.63, 3.8) is 0 Å². The SMILES string of the molecule is CNc1ncc(-c2nc3cccc(C=CC#N)c3o2)c2cc(NC(=O)C3CC3)ncc12. The van der Waals surface area contributed by atoms with Crippen LogP contribution < -0.4 is 10.6 Å². The summed E-state index contributed by atoms with van der Waals surface area (Å²) < 4.78 is 6.09. The zero-order valence-electron chi connectivity index (χ0n) is 16.7. The zero-order chi connectivity index (χ0) is 21.4. The maximum absolute atomic E-state index is 12.2. The highest BCUT2D eigenvalue weighted by Crippen LogP contribution is 2.35. The molecule has 31 heavy (non-hydrogen) atoms. The van der Waals surface area contributed by atoms with Gasteiger partial charge in [0.05, 0.1) is 11.6 Å². The average molecular weight is 410 g/mol. The Morgan fingerprint density at radius 3 is 2.90 bits per heavy atom. The van der Waals surface area contributed by atoms with Crippen LogP contribution in [0.25, 0.3) is 39.4 Å². The number of para-hydroxylation sites is 1. The van der Waals surface area contributed by atoms with Gasteiger partial charge in [0.15, 0.2) is 5.58 Å². The van der Waals surface area contributed by atoms with E-state index < -0.39 is 0 Å². The molecule has 0 aliphatic heterocycles. The largest absolute Gasteiger partial charge is 0.435 e. The predicted octanol–water partition coefficient (Wildman–Crippen LogP) is 4.36. The lowest BCUT2D eigenvalue weighted by atomic mass is 10.1. The third-order valence-corrected chi connectivity index (χ3v) is 5.22. The van der Waals surface area contributed by atoms with Crippen LogP contribution in [0.2, 0.25) is 0 Å². The molecule has 5 rings (SSSR count). The molecular weight excluding hydrogens is 392 g/mol. The van der Waals surface area contributed by atoms with Crippen LogP contribution in [0.3, 0.4) is 0 Å².